The van der Waals surface area contributed by atoms with Gasteiger partial charge in [0.1, 0.15) is 11.9 Å². The van der Waals surface area contributed by atoms with Gasteiger partial charge >= 0.3 is 5.97 Å². The number of nitrogens with one attached hydrogen (secondary N) is 1. The molecule has 2 N–H and O–H groups in total. The molecule has 0 fully saturated rings. The monoisotopic (exact) mass is 371 g/mol. The largest absolute Gasteiger partial charge is 0.496 e. The van der Waals surface area contributed by atoms with Gasteiger partial charge < -0.3 is 24.6 Å². The van der Waals surface area contributed by atoms with Crippen molar-refractivity contribution in [3.05, 3.63) is 53.6 Å². The number of hydrogen-bond acceptors (Lipinski definition) is 5. The van der Waals surface area contributed by atoms with E-state index in [0.717, 1.165) is 5.56 Å². The Bertz CT molecular complexity index is 850. The van der Waals surface area contributed by atoms with Crippen molar-refractivity contribution in [3.8, 4) is 17.2 Å². The minimum atomic E-state index is -1.02. The average Bonchev–Trinajstić information content (AvgIpc) is 2.67. The standard InChI is InChI=1S/C20H21NO6/c1-12-18(27-16-6-4-3-5-15(16)26-12)19(22)21-10-9-13-7-8-14(20(23)24)11-17(13)25-2/h3-8,11-12,18H,9-10H2,1-2H3,(H,21,22)(H,23,24). The summed E-state index contributed by atoms with van der Waals surface area (Å²) in [5, 5.41) is 11.9. The lowest BCUT2D eigenvalue weighted by Crippen LogP contribution is -2.49. The fraction of sp³-hybridized carbons (Fsp3) is 0.300. The zero-order chi connectivity index (χ0) is 19.4. The Morgan fingerprint density at radius 2 is 1.85 bits per heavy atom. The molecule has 0 aromatic heterocycles. The van der Waals surface area contributed by atoms with Gasteiger partial charge in [-0.2, -0.15) is 0 Å². The van der Waals surface area contributed by atoms with Gasteiger partial charge in [0.05, 0.1) is 12.7 Å². The number of aromatic carboxylic acids is 1. The van der Waals surface area contributed by atoms with Crippen LogP contribution in [0.25, 0.3) is 0 Å². The van der Waals surface area contributed by atoms with Crippen LogP contribution in [-0.2, 0) is 11.2 Å². The van der Waals surface area contributed by atoms with Crippen LogP contribution in [0.5, 0.6) is 17.2 Å². The summed E-state index contributed by atoms with van der Waals surface area (Å²) in [7, 11) is 1.48. The lowest BCUT2D eigenvalue weighted by atomic mass is 10.1. The van der Waals surface area contributed by atoms with Crippen LogP contribution in [0.4, 0.5) is 0 Å². The second-order valence-corrected chi connectivity index (χ2v) is 6.18. The molecule has 0 bridgehead atoms. The maximum absolute atomic E-state index is 12.5. The van der Waals surface area contributed by atoms with Crippen LogP contribution < -0.4 is 19.5 Å². The first-order chi connectivity index (χ1) is 13.0. The third-order valence-corrected chi connectivity index (χ3v) is 4.33. The van der Waals surface area contributed by atoms with Gasteiger partial charge in [-0.05, 0) is 43.2 Å². The summed E-state index contributed by atoms with van der Waals surface area (Å²) in [4.78, 5) is 23.5. The zero-order valence-electron chi connectivity index (χ0n) is 15.1. The molecule has 7 heteroatoms. The van der Waals surface area contributed by atoms with Gasteiger partial charge in [0.2, 0.25) is 6.10 Å². The summed E-state index contributed by atoms with van der Waals surface area (Å²) in [6.07, 6.45) is -0.659. The van der Waals surface area contributed by atoms with Crippen molar-refractivity contribution in [1.82, 2.24) is 5.32 Å². The fourth-order valence-corrected chi connectivity index (χ4v) is 2.91. The number of fused-ring (bicyclic) bond motifs is 1. The highest BCUT2D eigenvalue weighted by molar-refractivity contribution is 5.88. The van der Waals surface area contributed by atoms with Gasteiger partial charge in [-0.25, -0.2) is 4.79 Å². The normalized spacial score (nSPS) is 17.9. The molecule has 1 aliphatic rings. The third kappa shape index (κ3) is 4.13. The molecule has 27 heavy (non-hydrogen) atoms. The zero-order valence-corrected chi connectivity index (χ0v) is 15.1. The second-order valence-electron chi connectivity index (χ2n) is 6.18. The number of carboxylic acid groups (broad SMARTS) is 1. The molecule has 0 saturated carbocycles. The highest BCUT2D eigenvalue weighted by Crippen LogP contribution is 2.33. The minimum absolute atomic E-state index is 0.153. The summed E-state index contributed by atoms with van der Waals surface area (Å²) in [5.41, 5.74) is 0.960. The Kier molecular flexibility index (Phi) is 5.49. The van der Waals surface area contributed by atoms with Crippen LogP contribution in [0.2, 0.25) is 0 Å². The molecule has 2 unspecified atom stereocenters. The molecule has 2 aromatic rings. The lowest BCUT2D eigenvalue weighted by Gasteiger charge is -2.31. The molecule has 142 valence electrons. The van der Waals surface area contributed by atoms with E-state index in [9.17, 15) is 9.59 Å². The number of benzene rings is 2. The maximum atomic E-state index is 12.5. The van der Waals surface area contributed by atoms with Crippen molar-refractivity contribution in [2.75, 3.05) is 13.7 Å². The minimum Gasteiger partial charge on any atom is -0.496 e. The van der Waals surface area contributed by atoms with E-state index in [1.165, 1.54) is 19.2 Å². The van der Waals surface area contributed by atoms with Crippen LogP contribution in [-0.4, -0.2) is 42.8 Å². The summed E-state index contributed by atoms with van der Waals surface area (Å²) in [5.74, 6) is 0.359. The van der Waals surface area contributed by atoms with E-state index >= 15 is 0 Å². The molecule has 0 aliphatic carbocycles. The molecule has 3 rings (SSSR count). The van der Waals surface area contributed by atoms with Gasteiger partial charge in [-0.15, -0.1) is 0 Å². The van der Waals surface area contributed by atoms with Gasteiger partial charge in [-0.1, -0.05) is 18.2 Å². The molecule has 0 saturated heterocycles. The first-order valence-corrected chi connectivity index (χ1v) is 8.60. The summed E-state index contributed by atoms with van der Waals surface area (Å²) < 4.78 is 16.8. The van der Waals surface area contributed by atoms with Crippen molar-refractivity contribution < 1.29 is 28.9 Å². The fourth-order valence-electron chi connectivity index (χ4n) is 2.91. The highest BCUT2D eigenvalue weighted by Gasteiger charge is 2.33. The lowest BCUT2D eigenvalue weighted by molar-refractivity contribution is -0.133. The van der Waals surface area contributed by atoms with Crippen molar-refractivity contribution >= 4 is 11.9 Å². The average molecular weight is 371 g/mol. The summed E-state index contributed by atoms with van der Waals surface area (Å²) in [6, 6.07) is 11.9. The van der Waals surface area contributed by atoms with Crippen LogP contribution in [0.1, 0.15) is 22.8 Å². The molecule has 1 heterocycles. The molecule has 1 aliphatic heterocycles. The Balaban J connectivity index is 1.59. The van der Waals surface area contributed by atoms with E-state index in [-0.39, 0.29) is 11.5 Å². The number of para-hydroxylation sites is 2. The van der Waals surface area contributed by atoms with Gasteiger partial charge in [-0.3, -0.25) is 4.79 Å². The van der Waals surface area contributed by atoms with E-state index in [2.05, 4.69) is 5.32 Å². The third-order valence-electron chi connectivity index (χ3n) is 4.33. The number of ether oxygens (including phenoxy) is 3. The molecular formula is C20H21NO6. The molecule has 7 nitrogen and oxygen atoms in total. The number of methoxy groups -OCH3 is 1. The Morgan fingerprint density at radius 1 is 1.15 bits per heavy atom. The predicted octanol–water partition coefficient (Wildman–Crippen LogP) is 2.28. The van der Waals surface area contributed by atoms with Crippen LogP contribution >= 0.6 is 0 Å². The Labute approximate surface area is 156 Å². The Morgan fingerprint density at radius 3 is 2.52 bits per heavy atom. The van der Waals surface area contributed by atoms with Crippen molar-refractivity contribution in [2.45, 2.75) is 25.6 Å². The maximum Gasteiger partial charge on any atom is 0.335 e. The van der Waals surface area contributed by atoms with E-state index in [1.54, 1.807) is 25.1 Å². The van der Waals surface area contributed by atoms with Crippen molar-refractivity contribution in [2.24, 2.45) is 0 Å². The number of amides is 1. The molecule has 2 atom stereocenters. The summed E-state index contributed by atoms with van der Waals surface area (Å²) in [6.45, 7) is 2.14. The first kappa shape index (κ1) is 18.6. The molecule has 0 radical (unpaired) electrons. The van der Waals surface area contributed by atoms with Gasteiger partial charge in [0.15, 0.2) is 11.5 Å². The van der Waals surface area contributed by atoms with E-state index < -0.39 is 18.2 Å². The van der Waals surface area contributed by atoms with Crippen LogP contribution in [0, 0.1) is 0 Å². The van der Waals surface area contributed by atoms with Crippen LogP contribution in [0.15, 0.2) is 42.5 Å². The Hall–Kier alpha value is -3.22. The number of hydrogen-bond donors (Lipinski definition) is 2. The van der Waals surface area contributed by atoms with Crippen molar-refractivity contribution in [3.63, 3.8) is 0 Å². The van der Waals surface area contributed by atoms with Crippen LogP contribution in [0.3, 0.4) is 0 Å². The van der Waals surface area contributed by atoms with E-state index in [4.69, 9.17) is 19.3 Å². The first-order valence-electron chi connectivity index (χ1n) is 8.60. The quantitative estimate of drug-likeness (QED) is 0.809. The smallest absolute Gasteiger partial charge is 0.335 e. The predicted molar refractivity (Wildman–Crippen MR) is 97.6 cm³/mol. The highest BCUT2D eigenvalue weighted by atomic mass is 16.6. The topological polar surface area (TPSA) is 94.1 Å². The SMILES string of the molecule is COc1cc(C(=O)O)ccc1CCNC(=O)C1Oc2ccccc2OC1C. The number of carbonyl (C=O) groups is 2. The number of rotatable bonds is 6. The molecular weight excluding hydrogens is 350 g/mol. The number of carboxylic acids is 1. The van der Waals surface area contributed by atoms with E-state index in [0.29, 0.717) is 30.2 Å². The van der Waals surface area contributed by atoms with Crippen molar-refractivity contribution in [1.29, 1.82) is 0 Å². The number of carbonyl (C=O) groups excluding carboxylic acids is 1. The molecule has 2 aromatic carbocycles. The van der Waals surface area contributed by atoms with E-state index in [1.807, 2.05) is 12.1 Å². The summed E-state index contributed by atoms with van der Waals surface area (Å²) >= 11 is 0. The molecule has 0 spiro atoms. The second kappa shape index (κ2) is 7.99. The van der Waals surface area contributed by atoms with Gasteiger partial charge in [0.25, 0.3) is 5.91 Å². The van der Waals surface area contributed by atoms with Gasteiger partial charge in [0, 0.05) is 6.54 Å². The molecule has 1 amide bonds.